The first-order chi connectivity index (χ1) is 5.90. The molecule has 62 valence electrons. The van der Waals surface area contributed by atoms with E-state index in [1.807, 2.05) is 12.1 Å². The molecule has 2 aromatic rings. The van der Waals surface area contributed by atoms with Gasteiger partial charge in [-0.25, -0.2) is 0 Å². The predicted molar refractivity (Wildman–Crippen MR) is 46.3 cm³/mol. The summed E-state index contributed by atoms with van der Waals surface area (Å²) in [4.78, 5) is 0. The Morgan fingerprint density at radius 2 is 1.67 bits per heavy atom. The Labute approximate surface area is 81.8 Å². The van der Waals surface area contributed by atoms with E-state index in [0.717, 1.165) is 0 Å². The Balaban J connectivity index is 2.67. The van der Waals surface area contributed by atoms with E-state index in [9.17, 15) is 0 Å². The van der Waals surface area contributed by atoms with Crippen molar-refractivity contribution in [3.05, 3.63) is 46.0 Å². The summed E-state index contributed by atoms with van der Waals surface area (Å²) in [5.41, 5.74) is 0. The van der Waals surface area contributed by atoms with E-state index in [2.05, 4.69) is 30.3 Å². The normalized spacial score (nSPS) is 10.8. The van der Waals surface area contributed by atoms with Crippen LogP contribution in [0.15, 0.2) is 42.5 Å². The zero-order valence-electron chi connectivity index (χ0n) is 6.42. The van der Waals surface area contributed by atoms with Crippen LogP contribution in [0.5, 0.6) is 0 Å². The molecule has 0 fully saturated rings. The predicted octanol–water partition coefficient (Wildman–Crippen LogP) is -1.26. The van der Waals surface area contributed by atoms with Gasteiger partial charge < -0.3 is 0 Å². The molecular weight excluding hydrogens is 263 g/mol. The molecule has 0 bridgehead atoms. The fourth-order valence-corrected chi connectivity index (χ4v) is 2.07. The van der Waals surface area contributed by atoms with Gasteiger partial charge in [0.2, 0.25) is 0 Å². The monoisotopic (exact) mass is 272 g/mol. The van der Waals surface area contributed by atoms with Crippen molar-refractivity contribution in [1.29, 1.82) is 0 Å². The molecule has 0 saturated carbocycles. The van der Waals surface area contributed by atoms with Gasteiger partial charge in [-0.05, 0) is 0 Å². The molecule has 0 aromatic heterocycles. The maximum atomic E-state index is 7.33. The third kappa shape index (κ3) is 1.44. The molecule has 2 rings (SSSR count). The van der Waals surface area contributed by atoms with Crippen molar-refractivity contribution >= 4 is 10.8 Å². The molecule has 0 aliphatic rings. The van der Waals surface area contributed by atoms with Crippen LogP contribution in [0, 0.1) is 3.57 Å². The van der Waals surface area contributed by atoms with E-state index >= 15 is 0 Å². The third-order valence-electron chi connectivity index (χ3n) is 1.82. The molecule has 0 amide bonds. The van der Waals surface area contributed by atoms with Crippen LogP contribution in [-0.2, 0) is 0 Å². The van der Waals surface area contributed by atoms with E-state index in [1.54, 1.807) is 0 Å². The Hall–Kier alpha value is -0.610. The second kappa shape index (κ2) is 3.41. The van der Waals surface area contributed by atoms with Crippen LogP contribution in [0.25, 0.3) is 10.8 Å². The van der Waals surface area contributed by atoms with Gasteiger partial charge in [0.05, 0.1) is 0 Å². The fourth-order valence-electron chi connectivity index (χ4n) is 1.22. The first-order valence-electron chi connectivity index (χ1n) is 3.69. The Kier molecular flexibility index (Phi) is 2.28. The molecule has 0 radical (unpaired) electrons. The number of rotatable bonds is 1. The number of fused-ring (bicyclic) bond motifs is 1. The van der Waals surface area contributed by atoms with E-state index in [0.29, 0.717) is 0 Å². The van der Waals surface area contributed by atoms with E-state index in [-0.39, 0.29) is 0 Å². The van der Waals surface area contributed by atoms with Crippen LogP contribution in [-0.4, -0.2) is 3.44 Å². The fraction of sp³-hybridized carbons (Fsp3) is 0. The Bertz CT molecular complexity index is 398. The van der Waals surface area contributed by atoms with Crippen LogP contribution < -0.4 is 21.6 Å². The second-order valence-corrected chi connectivity index (χ2v) is 4.37. The zero-order chi connectivity index (χ0) is 8.39. The van der Waals surface area contributed by atoms with Crippen molar-refractivity contribution in [1.82, 2.24) is 0 Å². The quantitative estimate of drug-likeness (QED) is 0.457. The molecule has 12 heavy (non-hydrogen) atoms. The van der Waals surface area contributed by atoms with Crippen LogP contribution in [0.4, 0.5) is 0 Å². The summed E-state index contributed by atoms with van der Waals surface area (Å²) >= 11 is -0.515. The van der Waals surface area contributed by atoms with Gasteiger partial charge in [0.15, 0.2) is 0 Å². The van der Waals surface area contributed by atoms with Crippen molar-refractivity contribution in [3.8, 4) is 0 Å². The molecule has 0 saturated heterocycles. The second-order valence-electron chi connectivity index (χ2n) is 2.59. The van der Waals surface area contributed by atoms with Gasteiger partial charge >= 0.3 is 81.9 Å². The summed E-state index contributed by atoms with van der Waals surface area (Å²) in [7, 11) is 0. The van der Waals surface area contributed by atoms with Crippen molar-refractivity contribution in [2.45, 2.75) is 0 Å². The summed E-state index contributed by atoms with van der Waals surface area (Å²) in [6.45, 7) is 0. The molecule has 0 aliphatic carbocycles. The van der Waals surface area contributed by atoms with Gasteiger partial charge in [-0.15, -0.1) is 0 Å². The molecule has 0 unspecified atom stereocenters. The van der Waals surface area contributed by atoms with Gasteiger partial charge in [-0.3, -0.25) is 0 Å². The molecule has 2 heteroatoms. The van der Waals surface area contributed by atoms with E-state index in [1.165, 1.54) is 14.3 Å². The SMILES string of the molecule is [OH2+][I-]c1ccc2ccccc2c1. The summed E-state index contributed by atoms with van der Waals surface area (Å²) in [6, 6.07) is 14.5. The number of hydrogen-bond donors (Lipinski definition) is 0. The van der Waals surface area contributed by atoms with Gasteiger partial charge in [-0.1, -0.05) is 0 Å². The topological polar surface area (TPSA) is 22.9 Å². The standard InChI is InChI=1S/C10H9IO/c12-11-10-6-5-8-3-1-2-4-9(8)7-10/h1-7H,12H2. The van der Waals surface area contributed by atoms with Crippen molar-refractivity contribution < 1.29 is 25.1 Å². The van der Waals surface area contributed by atoms with Crippen LogP contribution in [0.3, 0.4) is 0 Å². The average Bonchev–Trinajstić information content (AvgIpc) is 2.17. The van der Waals surface area contributed by atoms with Gasteiger partial charge in [0, 0.05) is 0 Å². The summed E-state index contributed by atoms with van der Waals surface area (Å²) in [6.07, 6.45) is 0. The average molecular weight is 272 g/mol. The molecular formula is C10H9IO. The minimum atomic E-state index is -0.515. The molecule has 1 nitrogen and oxygen atoms in total. The van der Waals surface area contributed by atoms with Gasteiger partial charge in [0.1, 0.15) is 0 Å². The minimum absolute atomic E-state index is 0.515. The van der Waals surface area contributed by atoms with Crippen LogP contribution in [0.1, 0.15) is 0 Å². The van der Waals surface area contributed by atoms with Crippen molar-refractivity contribution in [2.75, 3.05) is 0 Å². The molecule has 0 heterocycles. The molecule has 2 N–H and O–H groups in total. The van der Waals surface area contributed by atoms with Crippen molar-refractivity contribution in [3.63, 3.8) is 0 Å². The number of benzene rings is 2. The maximum absolute atomic E-state index is 7.33. The number of hydrogen-bond acceptors (Lipinski definition) is 0. The number of halogens is 1. The Morgan fingerprint density at radius 1 is 0.917 bits per heavy atom. The molecule has 0 spiro atoms. The molecule has 0 aliphatic heterocycles. The van der Waals surface area contributed by atoms with Gasteiger partial charge in [0.25, 0.3) is 0 Å². The van der Waals surface area contributed by atoms with Crippen LogP contribution >= 0.6 is 0 Å². The summed E-state index contributed by atoms with van der Waals surface area (Å²) < 4.78 is 8.52. The van der Waals surface area contributed by atoms with E-state index < -0.39 is 21.6 Å². The molecule has 0 atom stereocenters. The summed E-state index contributed by atoms with van der Waals surface area (Å²) in [5, 5.41) is 2.51. The van der Waals surface area contributed by atoms with E-state index in [4.69, 9.17) is 3.44 Å². The van der Waals surface area contributed by atoms with Crippen LogP contribution in [0.2, 0.25) is 0 Å². The zero-order valence-corrected chi connectivity index (χ0v) is 8.58. The van der Waals surface area contributed by atoms with Gasteiger partial charge in [-0.2, -0.15) is 0 Å². The summed E-state index contributed by atoms with van der Waals surface area (Å²) in [5.74, 6) is 0. The third-order valence-corrected chi connectivity index (χ3v) is 3.11. The molecule has 2 aromatic carbocycles. The van der Waals surface area contributed by atoms with Crippen molar-refractivity contribution in [2.24, 2.45) is 0 Å². The Morgan fingerprint density at radius 3 is 2.42 bits per heavy atom. The first kappa shape index (κ1) is 8.01. The first-order valence-corrected chi connectivity index (χ1v) is 5.85.